The van der Waals surface area contributed by atoms with Crippen molar-refractivity contribution < 1.29 is 9.47 Å². The Labute approximate surface area is 130 Å². The van der Waals surface area contributed by atoms with E-state index in [4.69, 9.17) is 15.3 Å². The second-order valence-electron chi connectivity index (χ2n) is 6.26. The highest BCUT2D eigenvalue weighted by atomic mass is 32.1. The first-order chi connectivity index (χ1) is 10.2. The van der Waals surface area contributed by atoms with Crippen LogP contribution in [0.5, 0.6) is 0 Å². The molecule has 0 amide bonds. The van der Waals surface area contributed by atoms with Crippen molar-refractivity contribution in [1.82, 2.24) is 10.4 Å². The Kier molecular flexibility index (Phi) is 4.91. The molecule has 2 aliphatic heterocycles. The van der Waals surface area contributed by atoms with E-state index in [1.54, 1.807) is 11.3 Å². The fourth-order valence-electron chi connectivity index (χ4n) is 3.55. The normalized spacial score (nSPS) is 26.9. The number of hydrogen-bond donors (Lipinski definition) is 2. The van der Waals surface area contributed by atoms with E-state index in [9.17, 15) is 0 Å². The molecule has 0 radical (unpaired) electrons. The molecule has 1 aromatic rings. The van der Waals surface area contributed by atoms with Crippen LogP contribution in [0.15, 0.2) is 5.38 Å². The van der Waals surface area contributed by atoms with Crippen LogP contribution in [0.25, 0.3) is 0 Å². The molecule has 0 aliphatic carbocycles. The Morgan fingerprint density at radius 3 is 2.95 bits per heavy atom. The molecule has 6 heteroatoms. The van der Waals surface area contributed by atoms with E-state index in [1.807, 2.05) is 6.92 Å². The molecule has 2 aliphatic rings. The number of nitrogens with zero attached hydrogens (tertiary/aromatic N) is 1. The van der Waals surface area contributed by atoms with Crippen molar-refractivity contribution in [2.24, 2.45) is 11.8 Å². The van der Waals surface area contributed by atoms with E-state index in [0.717, 1.165) is 57.6 Å². The lowest BCUT2D eigenvalue weighted by Gasteiger charge is -2.45. The quantitative estimate of drug-likeness (QED) is 0.655. The van der Waals surface area contributed by atoms with Crippen LogP contribution in [0, 0.1) is 12.8 Å². The Balaban J connectivity index is 1.65. The second kappa shape index (κ2) is 6.71. The van der Waals surface area contributed by atoms with Crippen molar-refractivity contribution >= 4 is 11.3 Å². The molecule has 118 valence electrons. The van der Waals surface area contributed by atoms with Gasteiger partial charge in [-0.05, 0) is 38.5 Å². The number of aryl methyl sites for hydroxylation is 1. The van der Waals surface area contributed by atoms with Crippen LogP contribution < -0.4 is 11.3 Å². The summed E-state index contributed by atoms with van der Waals surface area (Å²) in [5.41, 5.74) is 4.15. The first kappa shape index (κ1) is 15.4. The van der Waals surface area contributed by atoms with Crippen molar-refractivity contribution in [2.75, 3.05) is 19.8 Å². The molecule has 2 saturated heterocycles. The van der Waals surface area contributed by atoms with Crippen molar-refractivity contribution in [1.29, 1.82) is 0 Å². The second-order valence-corrected chi connectivity index (χ2v) is 7.20. The highest BCUT2D eigenvalue weighted by Crippen LogP contribution is 2.38. The molecular formula is C15H25N3O2S. The molecule has 0 saturated carbocycles. The van der Waals surface area contributed by atoms with Crippen LogP contribution in [0.4, 0.5) is 0 Å². The van der Waals surface area contributed by atoms with Crippen LogP contribution in [0.3, 0.4) is 0 Å². The zero-order chi connectivity index (χ0) is 14.7. The summed E-state index contributed by atoms with van der Waals surface area (Å²) >= 11 is 1.73. The largest absolute Gasteiger partial charge is 0.381 e. The zero-order valence-corrected chi connectivity index (χ0v) is 13.5. The maximum absolute atomic E-state index is 6.12. The predicted molar refractivity (Wildman–Crippen MR) is 83.1 cm³/mol. The Bertz CT molecular complexity index is 454. The van der Waals surface area contributed by atoms with Gasteiger partial charge in [-0.15, -0.1) is 11.3 Å². The van der Waals surface area contributed by atoms with E-state index in [2.05, 4.69) is 15.8 Å². The van der Waals surface area contributed by atoms with Gasteiger partial charge in [0, 0.05) is 43.4 Å². The standard InChI is InChI=1S/C15H25N3O2S/c1-11-10-21-14(17-11)8-13(18-16)12-2-5-20-15(9-12)3-6-19-7-4-15/h10,12-13,18H,2-9,16H2,1H3. The zero-order valence-electron chi connectivity index (χ0n) is 12.6. The van der Waals surface area contributed by atoms with Gasteiger partial charge in [0.15, 0.2) is 0 Å². The van der Waals surface area contributed by atoms with Crippen LogP contribution in [-0.4, -0.2) is 36.4 Å². The third-order valence-corrected chi connectivity index (χ3v) is 5.77. The molecule has 2 unspecified atom stereocenters. The summed E-state index contributed by atoms with van der Waals surface area (Å²) in [5.74, 6) is 6.38. The summed E-state index contributed by atoms with van der Waals surface area (Å²) in [7, 11) is 0. The van der Waals surface area contributed by atoms with Crippen LogP contribution >= 0.6 is 11.3 Å². The van der Waals surface area contributed by atoms with Crippen molar-refractivity contribution in [3.63, 3.8) is 0 Å². The van der Waals surface area contributed by atoms with Crippen LogP contribution in [0.2, 0.25) is 0 Å². The molecule has 1 spiro atoms. The van der Waals surface area contributed by atoms with Gasteiger partial charge in [-0.3, -0.25) is 11.3 Å². The summed E-state index contributed by atoms with van der Waals surface area (Å²) in [4.78, 5) is 4.57. The van der Waals surface area contributed by atoms with Crippen molar-refractivity contribution in [3.05, 3.63) is 16.1 Å². The monoisotopic (exact) mass is 311 g/mol. The molecule has 3 N–H and O–H groups in total. The third-order valence-electron chi connectivity index (χ3n) is 4.78. The van der Waals surface area contributed by atoms with Crippen molar-refractivity contribution in [2.45, 2.75) is 50.7 Å². The molecule has 2 fully saturated rings. The maximum atomic E-state index is 6.12. The van der Waals surface area contributed by atoms with Crippen LogP contribution in [-0.2, 0) is 15.9 Å². The summed E-state index contributed by atoms with van der Waals surface area (Å²) < 4.78 is 11.6. The Morgan fingerprint density at radius 2 is 2.29 bits per heavy atom. The lowest BCUT2D eigenvalue weighted by atomic mass is 9.77. The molecule has 0 bridgehead atoms. The average molecular weight is 311 g/mol. The minimum Gasteiger partial charge on any atom is -0.381 e. The third kappa shape index (κ3) is 3.63. The van der Waals surface area contributed by atoms with Gasteiger partial charge < -0.3 is 9.47 Å². The first-order valence-electron chi connectivity index (χ1n) is 7.80. The maximum Gasteiger partial charge on any atom is 0.0944 e. The average Bonchev–Trinajstić information content (AvgIpc) is 2.91. The minimum atomic E-state index is 0.0229. The fourth-order valence-corrected chi connectivity index (χ4v) is 4.38. The molecule has 1 aromatic heterocycles. The van der Waals surface area contributed by atoms with Gasteiger partial charge in [-0.1, -0.05) is 0 Å². The highest BCUT2D eigenvalue weighted by Gasteiger charge is 2.41. The van der Waals surface area contributed by atoms with Gasteiger partial charge in [-0.25, -0.2) is 4.98 Å². The van der Waals surface area contributed by atoms with E-state index in [0.29, 0.717) is 5.92 Å². The SMILES string of the molecule is Cc1csc(CC(NN)C2CCOC3(CCOCC3)C2)n1. The van der Waals surface area contributed by atoms with E-state index in [-0.39, 0.29) is 11.6 Å². The lowest BCUT2D eigenvalue weighted by Crippen LogP contribution is -2.51. The molecule has 2 atom stereocenters. The number of nitrogens with one attached hydrogen (secondary N) is 1. The summed E-state index contributed by atoms with van der Waals surface area (Å²) in [5, 5.41) is 3.27. The van der Waals surface area contributed by atoms with E-state index in [1.165, 1.54) is 5.01 Å². The van der Waals surface area contributed by atoms with Gasteiger partial charge in [0.25, 0.3) is 0 Å². The number of hydrogen-bond acceptors (Lipinski definition) is 6. The summed E-state index contributed by atoms with van der Waals surface area (Å²) in [6.45, 7) is 4.51. The van der Waals surface area contributed by atoms with Gasteiger partial charge in [-0.2, -0.15) is 0 Å². The lowest BCUT2D eigenvalue weighted by molar-refractivity contribution is -0.150. The number of aromatic nitrogens is 1. The number of thiazole rings is 1. The molecular weight excluding hydrogens is 286 g/mol. The predicted octanol–water partition coefficient (Wildman–Crippen LogP) is 1.80. The fraction of sp³-hybridized carbons (Fsp3) is 0.800. The summed E-state index contributed by atoms with van der Waals surface area (Å²) in [6, 6.07) is 0.277. The van der Waals surface area contributed by atoms with Crippen LogP contribution in [0.1, 0.15) is 36.4 Å². The molecule has 5 nitrogen and oxygen atoms in total. The molecule has 21 heavy (non-hydrogen) atoms. The number of hydrazine groups is 1. The smallest absolute Gasteiger partial charge is 0.0944 e. The topological polar surface area (TPSA) is 69.4 Å². The molecule has 0 aromatic carbocycles. The molecule has 3 heterocycles. The van der Waals surface area contributed by atoms with Gasteiger partial charge in [0.1, 0.15) is 0 Å². The van der Waals surface area contributed by atoms with Gasteiger partial charge >= 0.3 is 0 Å². The van der Waals surface area contributed by atoms with Crippen molar-refractivity contribution in [3.8, 4) is 0 Å². The Hall–Kier alpha value is -0.530. The van der Waals surface area contributed by atoms with E-state index >= 15 is 0 Å². The van der Waals surface area contributed by atoms with E-state index < -0.39 is 0 Å². The first-order valence-corrected chi connectivity index (χ1v) is 8.68. The van der Waals surface area contributed by atoms with Gasteiger partial charge in [0.2, 0.25) is 0 Å². The Morgan fingerprint density at radius 1 is 1.48 bits per heavy atom. The number of rotatable bonds is 4. The molecule has 3 rings (SSSR count). The minimum absolute atomic E-state index is 0.0229. The number of ether oxygens (including phenoxy) is 2. The van der Waals surface area contributed by atoms with Gasteiger partial charge in [0.05, 0.1) is 10.6 Å². The summed E-state index contributed by atoms with van der Waals surface area (Å²) in [6.07, 6.45) is 5.08. The highest BCUT2D eigenvalue weighted by molar-refractivity contribution is 7.09. The number of nitrogens with two attached hydrogens (primary N) is 1.